The molecule has 0 heterocycles. The fourth-order valence-corrected chi connectivity index (χ4v) is 1.22. The van der Waals surface area contributed by atoms with E-state index in [1.165, 1.54) is 12.1 Å². The molecule has 0 unspecified atom stereocenters. The minimum Gasteiger partial charge on any atom is -0.388 e. The van der Waals surface area contributed by atoms with Crippen LogP contribution in [-0.4, -0.2) is 13.2 Å². The maximum absolute atomic E-state index is 12.2. The summed E-state index contributed by atoms with van der Waals surface area (Å²) in [6, 6.07) is 6.03. The molecule has 0 saturated heterocycles. The average molecular weight is 214 g/mol. The van der Waals surface area contributed by atoms with Gasteiger partial charge in [0, 0.05) is 12.7 Å². The molecule has 0 aromatic heterocycles. The Balaban J connectivity index is 3.08. The molecule has 1 N–H and O–H groups in total. The van der Waals surface area contributed by atoms with Crippen molar-refractivity contribution in [1.29, 1.82) is 5.26 Å². The molecule has 0 aliphatic rings. The quantitative estimate of drug-likeness (QED) is 0.821. The largest absolute Gasteiger partial charge is 0.393 e. The number of nitrogens with zero attached hydrogens (tertiary/aromatic N) is 1. The van der Waals surface area contributed by atoms with Gasteiger partial charge in [0.05, 0.1) is 18.1 Å². The van der Waals surface area contributed by atoms with Gasteiger partial charge < -0.3 is 5.32 Å². The number of nitrogens with one attached hydrogen (secondary N) is 1. The monoisotopic (exact) mass is 214 g/mol. The average Bonchev–Trinajstić information content (AvgIpc) is 2.15. The van der Waals surface area contributed by atoms with Crippen LogP contribution in [0.3, 0.4) is 0 Å². The van der Waals surface area contributed by atoms with Crippen LogP contribution in [0.4, 0.5) is 18.9 Å². The lowest BCUT2D eigenvalue weighted by Gasteiger charge is -2.09. The van der Waals surface area contributed by atoms with Crippen LogP contribution in [-0.2, 0) is 6.42 Å². The van der Waals surface area contributed by atoms with Crippen molar-refractivity contribution in [3.05, 3.63) is 29.3 Å². The fourth-order valence-electron chi connectivity index (χ4n) is 1.22. The van der Waals surface area contributed by atoms with E-state index in [9.17, 15) is 13.2 Å². The van der Waals surface area contributed by atoms with Crippen LogP contribution in [0.1, 0.15) is 11.1 Å². The van der Waals surface area contributed by atoms with Crippen LogP contribution in [0.25, 0.3) is 0 Å². The molecule has 0 fully saturated rings. The van der Waals surface area contributed by atoms with E-state index in [4.69, 9.17) is 5.26 Å². The molecule has 0 amide bonds. The summed E-state index contributed by atoms with van der Waals surface area (Å²) in [6.07, 6.45) is -5.37. The Morgan fingerprint density at radius 3 is 2.53 bits per heavy atom. The summed E-state index contributed by atoms with van der Waals surface area (Å²) >= 11 is 0. The molecule has 0 saturated carbocycles. The maximum Gasteiger partial charge on any atom is 0.393 e. The van der Waals surface area contributed by atoms with Gasteiger partial charge in [0.25, 0.3) is 0 Å². The molecule has 0 aliphatic carbocycles. The zero-order valence-corrected chi connectivity index (χ0v) is 8.02. The summed E-state index contributed by atoms with van der Waals surface area (Å²) in [5.41, 5.74) is 0.622. The Bertz CT molecular complexity index is 391. The van der Waals surface area contributed by atoms with Gasteiger partial charge in [-0.15, -0.1) is 0 Å². The molecule has 0 radical (unpaired) electrons. The smallest absolute Gasteiger partial charge is 0.388 e. The van der Waals surface area contributed by atoms with E-state index in [0.717, 1.165) is 0 Å². The number of rotatable bonds is 2. The van der Waals surface area contributed by atoms with Crippen LogP contribution in [0.2, 0.25) is 0 Å². The zero-order chi connectivity index (χ0) is 11.5. The third-order valence-corrected chi connectivity index (χ3v) is 1.91. The molecule has 1 rings (SSSR count). The molecule has 80 valence electrons. The maximum atomic E-state index is 12.2. The van der Waals surface area contributed by atoms with Gasteiger partial charge in [0.1, 0.15) is 0 Å². The van der Waals surface area contributed by atoms with Crippen molar-refractivity contribution in [1.82, 2.24) is 0 Å². The lowest BCUT2D eigenvalue weighted by molar-refractivity contribution is -0.127. The van der Waals surface area contributed by atoms with Crippen LogP contribution >= 0.6 is 0 Å². The van der Waals surface area contributed by atoms with E-state index in [0.29, 0.717) is 5.69 Å². The SMILES string of the molecule is CNc1ccc(C#N)c(CC(F)(F)F)c1. The summed E-state index contributed by atoms with van der Waals surface area (Å²) in [4.78, 5) is 0. The molecule has 1 aromatic carbocycles. The number of alkyl halides is 3. The van der Waals surface area contributed by atoms with Crippen LogP contribution in [0, 0.1) is 11.3 Å². The number of hydrogen-bond acceptors (Lipinski definition) is 2. The van der Waals surface area contributed by atoms with Crippen molar-refractivity contribution < 1.29 is 13.2 Å². The summed E-state index contributed by atoms with van der Waals surface area (Å²) in [5, 5.41) is 11.4. The molecule has 0 atom stereocenters. The second kappa shape index (κ2) is 4.22. The predicted molar refractivity (Wildman–Crippen MR) is 50.5 cm³/mol. The molecule has 5 heteroatoms. The Labute approximate surface area is 85.3 Å². The van der Waals surface area contributed by atoms with Gasteiger partial charge >= 0.3 is 6.18 Å². The predicted octanol–water partition coefficient (Wildman–Crippen LogP) is 2.70. The number of halogens is 3. The number of nitriles is 1. The zero-order valence-electron chi connectivity index (χ0n) is 8.02. The second-order valence-electron chi connectivity index (χ2n) is 3.03. The first-order valence-corrected chi connectivity index (χ1v) is 4.24. The van der Waals surface area contributed by atoms with Gasteiger partial charge in [-0.3, -0.25) is 0 Å². The van der Waals surface area contributed by atoms with Gasteiger partial charge in [-0.25, -0.2) is 0 Å². The highest BCUT2D eigenvalue weighted by Gasteiger charge is 2.28. The van der Waals surface area contributed by atoms with Crippen molar-refractivity contribution in [2.75, 3.05) is 12.4 Å². The van der Waals surface area contributed by atoms with E-state index in [1.54, 1.807) is 19.2 Å². The minimum absolute atomic E-state index is 0.00292. The molecule has 0 bridgehead atoms. The Kier molecular flexibility index (Phi) is 3.20. The van der Waals surface area contributed by atoms with Crippen LogP contribution < -0.4 is 5.32 Å². The van der Waals surface area contributed by atoms with Gasteiger partial charge in [0.15, 0.2) is 0 Å². The van der Waals surface area contributed by atoms with E-state index in [2.05, 4.69) is 5.32 Å². The first kappa shape index (κ1) is 11.4. The molecule has 0 aliphatic heterocycles. The van der Waals surface area contributed by atoms with Gasteiger partial charge in [0.2, 0.25) is 0 Å². The third kappa shape index (κ3) is 3.17. The molecular formula is C10H9F3N2. The second-order valence-corrected chi connectivity index (χ2v) is 3.03. The van der Waals surface area contributed by atoms with Gasteiger partial charge in [-0.05, 0) is 23.8 Å². The summed E-state index contributed by atoms with van der Waals surface area (Å²) < 4.78 is 36.5. The molecule has 2 nitrogen and oxygen atoms in total. The van der Waals surface area contributed by atoms with E-state index >= 15 is 0 Å². The topological polar surface area (TPSA) is 35.8 Å². The lowest BCUT2D eigenvalue weighted by Crippen LogP contribution is -2.12. The number of anilines is 1. The third-order valence-electron chi connectivity index (χ3n) is 1.91. The Morgan fingerprint density at radius 2 is 2.07 bits per heavy atom. The highest BCUT2D eigenvalue weighted by atomic mass is 19.4. The number of hydrogen-bond donors (Lipinski definition) is 1. The standard InChI is InChI=1S/C10H9F3N2/c1-15-9-3-2-7(6-14)8(4-9)5-10(11,12)13/h2-4,15H,5H2,1H3. The highest BCUT2D eigenvalue weighted by molar-refractivity contribution is 5.51. The Morgan fingerprint density at radius 1 is 1.40 bits per heavy atom. The minimum atomic E-state index is -4.29. The van der Waals surface area contributed by atoms with Crippen molar-refractivity contribution in [3.8, 4) is 6.07 Å². The molecular weight excluding hydrogens is 205 g/mol. The summed E-state index contributed by atoms with van der Waals surface area (Å²) in [5.74, 6) is 0. The van der Waals surface area contributed by atoms with Crippen LogP contribution in [0.5, 0.6) is 0 Å². The Hall–Kier alpha value is -1.70. The van der Waals surface area contributed by atoms with E-state index in [1.807, 2.05) is 0 Å². The van der Waals surface area contributed by atoms with Crippen molar-refractivity contribution in [3.63, 3.8) is 0 Å². The highest BCUT2D eigenvalue weighted by Crippen LogP contribution is 2.25. The molecule has 15 heavy (non-hydrogen) atoms. The van der Waals surface area contributed by atoms with E-state index < -0.39 is 12.6 Å². The van der Waals surface area contributed by atoms with Gasteiger partial charge in [-0.1, -0.05) is 0 Å². The van der Waals surface area contributed by atoms with Crippen molar-refractivity contribution in [2.24, 2.45) is 0 Å². The lowest BCUT2D eigenvalue weighted by atomic mass is 10.0. The molecule has 1 aromatic rings. The first-order chi connectivity index (χ1) is 6.96. The number of benzene rings is 1. The van der Waals surface area contributed by atoms with Crippen molar-refractivity contribution >= 4 is 5.69 Å². The van der Waals surface area contributed by atoms with Crippen LogP contribution in [0.15, 0.2) is 18.2 Å². The van der Waals surface area contributed by atoms with Crippen molar-refractivity contribution in [2.45, 2.75) is 12.6 Å². The molecule has 0 spiro atoms. The summed E-state index contributed by atoms with van der Waals surface area (Å²) in [7, 11) is 1.61. The fraction of sp³-hybridized carbons (Fsp3) is 0.300. The first-order valence-electron chi connectivity index (χ1n) is 4.24. The van der Waals surface area contributed by atoms with Gasteiger partial charge in [-0.2, -0.15) is 18.4 Å². The normalized spacial score (nSPS) is 10.9. The summed E-state index contributed by atoms with van der Waals surface area (Å²) in [6.45, 7) is 0. The van der Waals surface area contributed by atoms with E-state index in [-0.39, 0.29) is 11.1 Å².